The average molecular weight is 645 g/mol. The van der Waals surface area contributed by atoms with Gasteiger partial charge in [0.25, 0.3) is 5.91 Å². The van der Waals surface area contributed by atoms with E-state index in [4.69, 9.17) is 24.0 Å². The maximum absolute atomic E-state index is 14.3. The molecule has 3 amide bonds. The largest absolute Gasteiger partial charge is 0.496 e. The topological polar surface area (TPSA) is 121 Å². The fourth-order valence-electron chi connectivity index (χ4n) is 5.08. The molecule has 0 bridgehead atoms. The van der Waals surface area contributed by atoms with Crippen molar-refractivity contribution in [3.05, 3.63) is 82.0 Å². The molecule has 0 spiro atoms. The van der Waals surface area contributed by atoms with Gasteiger partial charge in [-0.15, -0.1) is 0 Å². The Balaban J connectivity index is 2.11. The number of nitrogens with one attached hydrogen (secondary N) is 1. The van der Waals surface area contributed by atoms with Crippen LogP contribution in [-0.2, 0) is 20.9 Å². The van der Waals surface area contributed by atoms with Crippen molar-refractivity contribution in [2.75, 3.05) is 12.0 Å². The van der Waals surface area contributed by atoms with Gasteiger partial charge in [-0.2, -0.15) is 4.90 Å². The highest BCUT2D eigenvalue weighted by Crippen LogP contribution is 2.41. The monoisotopic (exact) mass is 644 g/mol. The molecule has 0 radical (unpaired) electrons. The first-order valence-corrected chi connectivity index (χ1v) is 15.3. The maximum Gasteiger partial charge on any atom is 0.425 e. The van der Waals surface area contributed by atoms with Crippen molar-refractivity contribution in [1.29, 1.82) is 0 Å². The number of methoxy groups -OCH3 is 1. The lowest BCUT2D eigenvalue weighted by atomic mass is 10.1. The summed E-state index contributed by atoms with van der Waals surface area (Å²) in [4.78, 5) is 53.9. The molecule has 0 saturated carbocycles. The Hall–Kier alpha value is -4.90. The summed E-state index contributed by atoms with van der Waals surface area (Å²) in [6, 6.07) is 14.8. The van der Waals surface area contributed by atoms with Gasteiger partial charge in [-0.3, -0.25) is 14.2 Å². The number of ether oxygens (including phenoxy) is 3. The van der Waals surface area contributed by atoms with Crippen molar-refractivity contribution < 1.29 is 33.4 Å². The van der Waals surface area contributed by atoms with Crippen LogP contribution in [0, 0.1) is 27.7 Å². The Morgan fingerprint density at radius 1 is 0.851 bits per heavy atom. The van der Waals surface area contributed by atoms with Gasteiger partial charge in [-0.1, -0.05) is 36.4 Å². The summed E-state index contributed by atoms with van der Waals surface area (Å²) in [6.07, 6.45) is -2.08. The minimum absolute atomic E-state index is 0.0398. The number of fused-ring (bicyclic) bond motifs is 1. The molecule has 11 heteroatoms. The SMILES string of the molecule is COc1ccc(C)c(-n2c(N(C(=O)OC(C)(C)C)C(=O)OC(C)(C)C)c(C(=O)NOCc3ccccc3)c3cc(C)c(C)nc32)c1C. The highest BCUT2D eigenvalue weighted by atomic mass is 16.7. The van der Waals surface area contributed by atoms with Crippen LogP contribution in [0.15, 0.2) is 48.5 Å². The second kappa shape index (κ2) is 13.4. The molecule has 0 aliphatic rings. The number of nitrogens with zero attached hydrogens (tertiary/aromatic N) is 3. The smallest absolute Gasteiger partial charge is 0.425 e. The quantitative estimate of drug-likeness (QED) is 0.202. The van der Waals surface area contributed by atoms with Crippen LogP contribution in [0.4, 0.5) is 15.4 Å². The molecule has 2 heterocycles. The molecular weight excluding hydrogens is 600 g/mol. The van der Waals surface area contributed by atoms with E-state index in [9.17, 15) is 14.4 Å². The van der Waals surface area contributed by atoms with E-state index >= 15 is 0 Å². The number of carbonyl (C=O) groups is 3. The number of hydrogen-bond acceptors (Lipinski definition) is 8. The van der Waals surface area contributed by atoms with E-state index in [0.29, 0.717) is 33.7 Å². The van der Waals surface area contributed by atoms with E-state index in [-0.39, 0.29) is 18.0 Å². The summed E-state index contributed by atoms with van der Waals surface area (Å²) < 4.78 is 18.8. The zero-order chi connectivity index (χ0) is 34.8. The Bertz CT molecular complexity index is 1790. The predicted molar refractivity (Wildman–Crippen MR) is 180 cm³/mol. The van der Waals surface area contributed by atoms with Gasteiger partial charge in [-0.05, 0) is 98.1 Å². The Labute approximate surface area is 275 Å². The Morgan fingerprint density at radius 3 is 2.00 bits per heavy atom. The molecular formula is C36H44N4O7. The van der Waals surface area contributed by atoms with Crippen LogP contribution in [0.5, 0.6) is 5.75 Å². The molecule has 2 aromatic carbocycles. The highest BCUT2D eigenvalue weighted by molar-refractivity contribution is 6.19. The molecule has 0 unspecified atom stereocenters. The lowest BCUT2D eigenvalue weighted by Crippen LogP contribution is -2.45. The molecule has 4 aromatic rings. The molecule has 0 atom stereocenters. The third kappa shape index (κ3) is 7.74. The van der Waals surface area contributed by atoms with Crippen LogP contribution in [-0.4, -0.2) is 46.0 Å². The molecule has 0 fully saturated rings. The lowest BCUT2D eigenvalue weighted by Gasteiger charge is -2.30. The molecule has 1 N–H and O–H groups in total. The summed E-state index contributed by atoms with van der Waals surface area (Å²) in [5.41, 5.74) is 5.14. The zero-order valence-electron chi connectivity index (χ0n) is 29.0. The van der Waals surface area contributed by atoms with Crippen molar-refractivity contribution in [3.8, 4) is 11.4 Å². The van der Waals surface area contributed by atoms with Crippen molar-refractivity contribution in [1.82, 2.24) is 15.0 Å². The third-order valence-electron chi connectivity index (χ3n) is 7.23. The van der Waals surface area contributed by atoms with Crippen LogP contribution in [0.25, 0.3) is 16.7 Å². The molecule has 11 nitrogen and oxygen atoms in total. The van der Waals surface area contributed by atoms with Crippen molar-refractivity contribution in [2.24, 2.45) is 0 Å². The zero-order valence-corrected chi connectivity index (χ0v) is 29.0. The normalized spacial score (nSPS) is 11.7. The van der Waals surface area contributed by atoms with Gasteiger partial charge < -0.3 is 14.2 Å². The van der Waals surface area contributed by atoms with Gasteiger partial charge in [0.05, 0.1) is 25.0 Å². The van der Waals surface area contributed by atoms with Crippen LogP contribution < -0.4 is 15.1 Å². The van der Waals surface area contributed by atoms with Gasteiger partial charge in [0.2, 0.25) is 0 Å². The summed E-state index contributed by atoms with van der Waals surface area (Å²) in [5.74, 6) is -0.276. The molecule has 2 aromatic heterocycles. The first kappa shape index (κ1) is 35.0. The third-order valence-corrected chi connectivity index (χ3v) is 7.23. The molecule has 0 saturated heterocycles. The van der Waals surface area contributed by atoms with Crippen molar-refractivity contribution in [2.45, 2.75) is 87.0 Å². The number of hydroxylamine groups is 1. The summed E-state index contributed by atoms with van der Waals surface area (Å²) >= 11 is 0. The van der Waals surface area contributed by atoms with Gasteiger partial charge >= 0.3 is 12.2 Å². The second-order valence-corrected chi connectivity index (χ2v) is 13.4. The molecule has 250 valence electrons. The first-order valence-electron chi connectivity index (χ1n) is 15.3. The Morgan fingerprint density at radius 2 is 1.45 bits per heavy atom. The summed E-state index contributed by atoms with van der Waals surface area (Å²) in [6.45, 7) is 17.6. The summed E-state index contributed by atoms with van der Waals surface area (Å²) in [7, 11) is 1.55. The van der Waals surface area contributed by atoms with Crippen molar-refractivity contribution >= 4 is 34.9 Å². The van der Waals surface area contributed by atoms with Crippen LogP contribution in [0.2, 0.25) is 0 Å². The lowest BCUT2D eigenvalue weighted by molar-refractivity contribution is 0.0235. The van der Waals surface area contributed by atoms with Gasteiger partial charge in [0, 0.05) is 16.6 Å². The van der Waals surface area contributed by atoms with E-state index in [1.807, 2.05) is 70.2 Å². The van der Waals surface area contributed by atoms with E-state index in [1.54, 1.807) is 59.3 Å². The number of pyridine rings is 1. The van der Waals surface area contributed by atoms with Crippen LogP contribution in [0.3, 0.4) is 0 Å². The Kier molecular flexibility index (Phi) is 10.0. The van der Waals surface area contributed by atoms with E-state index in [1.165, 1.54) is 0 Å². The maximum atomic E-state index is 14.3. The number of anilines is 1. The molecule has 0 aliphatic carbocycles. The van der Waals surface area contributed by atoms with Gasteiger partial charge in [-0.25, -0.2) is 20.1 Å². The number of rotatable bonds is 7. The number of imide groups is 1. The minimum Gasteiger partial charge on any atom is -0.496 e. The number of aryl methyl sites for hydroxylation is 3. The minimum atomic E-state index is -1.04. The number of amides is 3. The number of hydrogen-bond donors (Lipinski definition) is 1. The number of benzene rings is 2. The molecule has 0 aliphatic heterocycles. The molecule has 4 rings (SSSR count). The second-order valence-electron chi connectivity index (χ2n) is 13.4. The fraction of sp³-hybridized carbons (Fsp3) is 0.389. The average Bonchev–Trinajstić information content (AvgIpc) is 3.25. The highest BCUT2D eigenvalue weighted by Gasteiger charge is 2.40. The first-order chi connectivity index (χ1) is 21.9. The van der Waals surface area contributed by atoms with E-state index in [2.05, 4.69) is 5.48 Å². The standard InChI is InChI=1S/C36H44N4O7/c1-21-17-18-27(44-11)23(3)29(21)39-30-26(19-22(2)24(4)37-30)28(31(41)38-45-20-25-15-13-12-14-16-25)32(39)40(33(42)46-35(5,6)7)34(43)47-36(8,9)10/h12-19H,20H2,1-11H3,(H,38,41). The van der Waals surface area contributed by atoms with Gasteiger partial charge in [0.15, 0.2) is 0 Å². The predicted octanol–water partition coefficient (Wildman–Crippen LogP) is 7.81. The fourth-order valence-corrected chi connectivity index (χ4v) is 5.08. The summed E-state index contributed by atoms with van der Waals surface area (Å²) in [5, 5.41) is 0.377. The van der Waals surface area contributed by atoms with Gasteiger partial charge in [0.1, 0.15) is 28.4 Å². The van der Waals surface area contributed by atoms with Crippen LogP contribution >= 0.6 is 0 Å². The molecule has 47 heavy (non-hydrogen) atoms. The number of carbonyl (C=O) groups excluding carboxylic acids is 3. The number of aromatic nitrogens is 2. The van der Waals surface area contributed by atoms with Crippen LogP contribution in [0.1, 0.15) is 79.8 Å². The van der Waals surface area contributed by atoms with Crippen molar-refractivity contribution in [3.63, 3.8) is 0 Å². The van der Waals surface area contributed by atoms with E-state index < -0.39 is 29.3 Å². The van der Waals surface area contributed by atoms with E-state index in [0.717, 1.165) is 21.6 Å².